The van der Waals surface area contributed by atoms with Gasteiger partial charge >= 0.3 is 0 Å². The minimum Gasteiger partial charge on any atom is -0.441 e. The molecule has 2 nitrogen and oxygen atoms in total. The van der Waals surface area contributed by atoms with Crippen LogP contribution in [-0.4, -0.2) is 4.98 Å². The Kier molecular flexibility index (Phi) is 2.98. The van der Waals surface area contributed by atoms with Crippen LogP contribution in [0.15, 0.2) is 22.6 Å². The average molecular weight is 231 g/mol. The molecule has 0 atom stereocenters. The molecular formula is C15H21NO. The lowest BCUT2D eigenvalue weighted by atomic mass is 9.92. The summed E-state index contributed by atoms with van der Waals surface area (Å²) in [6, 6.07) is 6.29. The van der Waals surface area contributed by atoms with Gasteiger partial charge in [0, 0.05) is 6.42 Å². The zero-order chi connectivity index (χ0) is 12.6. The molecule has 0 aliphatic carbocycles. The molecule has 2 rings (SSSR count). The fourth-order valence-corrected chi connectivity index (χ4v) is 1.88. The van der Waals surface area contributed by atoms with Crippen LogP contribution in [0.25, 0.3) is 11.1 Å². The van der Waals surface area contributed by atoms with Gasteiger partial charge < -0.3 is 4.42 Å². The van der Waals surface area contributed by atoms with E-state index < -0.39 is 0 Å². The first-order chi connectivity index (χ1) is 7.85. The van der Waals surface area contributed by atoms with Crippen molar-refractivity contribution >= 4 is 11.1 Å². The number of aromatic nitrogens is 1. The summed E-state index contributed by atoms with van der Waals surface area (Å²) in [4.78, 5) is 4.57. The SMILES string of the molecule is CC(C)c1ccc2oc(CC(C)(C)C)nc2c1. The maximum Gasteiger partial charge on any atom is 0.195 e. The summed E-state index contributed by atoms with van der Waals surface area (Å²) in [5.74, 6) is 1.37. The fraction of sp³-hybridized carbons (Fsp3) is 0.533. The van der Waals surface area contributed by atoms with E-state index in [1.54, 1.807) is 0 Å². The first kappa shape index (κ1) is 12.2. The molecule has 0 fully saturated rings. The van der Waals surface area contributed by atoms with E-state index in [9.17, 15) is 0 Å². The smallest absolute Gasteiger partial charge is 0.195 e. The summed E-state index contributed by atoms with van der Waals surface area (Å²) in [6.45, 7) is 11.0. The van der Waals surface area contributed by atoms with Crippen LogP contribution < -0.4 is 0 Å². The number of fused-ring (bicyclic) bond motifs is 1. The first-order valence-corrected chi connectivity index (χ1v) is 6.24. The third-order valence-electron chi connectivity index (χ3n) is 2.80. The molecule has 0 radical (unpaired) electrons. The Labute approximate surface area is 103 Å². The van der Waals surface area contributed by atoms with Gasteiger partial charge in [0.05, 0.1) is 0 Å². The van der Waals surface area contributed by atoms with E-state index in [1.165, 1.54) is 5.56 Å². The Morgan fingerprint density at radius 2 is 1.94 bits per heavy atom. The van der Waals surface area contributed by atoms with Crippen LogP contribution in [0, 0.1) is 5.41 Å². The lowest BCUT2D eigenvalue weighted by Gasteiger charge is -2.14. The molecular weight excluding hydrogens is 210 g/mol. The van der Waals surface area contributed by atoms with Gasteiger partial charge in [0.1, 0.15) is 5.52 Å². The van der Waals surface area contributed by atoms with Crippen molar-refractivity contribution in [1.82, 2.24) is 4.98 Å². The summed E-state index contributed by atoms with van der Waals surface area (Å²) in [5.41, 5.74) is 3.40. The molecule has 0 spiro atoms. The molecule has 0 aliphatic rings. The monoisotopic (exact) mass is 231 g/mol. The topological polar surface area (TPSA) is 26.0 Å². The van der Waals surface area contributed by atoms with Crippen molar-refractivity contribution in [1.29, 1.82) is 0 Å². The van der Waals surface area contributed by atoms with Crippen LogP contribution in [0.2, 0.25) is 0 Å². The zero-order valence-corrected chi connectivity index (χ0v) is 11.4. The van der Waals surface area contributed by atoms with Crippen molar-refractivity contribution in [3.8, 4) is 0 Å². The van der Waals surface area contributed by atoms with Gasteiger partial charge in [-0.25, -0.2) is 4.98 Å². The molecule has 1 heterocycles. The molecule has 0 amide bonds. The molecule has 0 saturated carbocycles. The molecule has 92 valence electrons. The molecule has 0 N–H and O–H groups in total. The van der Waals surface area contributed by atoms with E-state index in [1.807, 2.05) is 6.07 Å². The van der Waals surface area contributed by atoms with Crippen molar-refractivity contribution < 1.29 is 4.42 Å². The summed E-state index contributed by atoms with van der Waals surface area (Å²) in [7, 11) is 0. The lowest BCUT2D eigenvalue weighted by Crippen LogP contribution is -2.09. The predicted octanol–water partition coefficient (Wildman–Crippen LogP) is 4.54. The minimum atomic E-state index is 0.210. The van der Waals surface area contributed by atoms with E-state index in [-0.39, 0.29) is 5.41 Å². The Morgan fingerprint density at radius 1 is 1.24 bits per heavy atom. The van der Waals surface area contributed by atoms with Crippen LogP contribution in [0.4, 0.5) is 0 Å². The first-order valence-electron chi connectivity index (χ1n) is 6.24. The quantitative estimate of drug-likeness (QED) is 0.758. The van der Waals surface area contributed by atoms with E-state index in [0.717, 1.165) is 23.4 Å². The highest BCUT2D eigenvalue weighted by atomic mass is 16.3. The molecule has 0 aliphatic heterocycles. The summed E-state index contributed by atoms with van der Waals surface area (Å²) in [5, 5.41) is 0. The normalized spacial score (nSPS) is 12.6. The molecule has 0 bridgehead atoms. The highest BCUT2D eigenvalue weighted by Gasteiger charge is 2.16. The minimum absolute atomic E-state index is 0.210. The van der Waals surface area contributed by atoms with Crippen LogP contribution in [0.1, 0.15) is 52.0 Å². The van der Waals surface area contributed by atoms with Gasteiger partial charge in [0.15, 0.2) is 11.5 Å². The van der Waals surface area contributed by atoms with E-state index >= 15 is 0 Å². The van der Waals surface area contributed by atoms with Crippen molar-refractivity contribution in [2.24, 2.45) is 5.41 Å². The van der Waals surface area contributed by atoms with Gasteiger partial charge in [-0.1, -0.05) is 40.7 Å². The number of oxazole rings is 1. The van der Waals surface area contributed by atoms with Crippen molar-refractivity contribution in [3.05, 3.63) is 29.7 Å². The number of rotatable bonds is 2. The molecule has 0 saturated heterocycles. The maximum atomic E-state index is 5.77. The second kappa shape index (κ2) is 4.17. The Balaban J connectivity index is 2.37. The zero-order valence-electron chi connectivity index (χ0n) is 11.4. The Bertz CT molecular complexity index is 517. The largest absolute Gasteiger partial charge is 0.441 e. The van der Waals surface area contributed by atoms with Gasteiger partial charge in [0.25, 0.3) is 0 Å². The predicted molar refractivity (Wildman–Crippen MR) is 71.3 cm³/mol. The molecule has 1 aromatic carbocycles. The number of nitrogens with zero attached hydrogens (tertiary/aromatic N) is 1. The lowest BCUT2D eigenvalue weighted by molar-refractivity contribution is 0.362. The molecule has 17 heavy (non-hydrogen) atoms. The van der Waals surface area contributed by atoms with Crippen molar-refractivity contribution in [2.45, 2.75) is 47.0 Å². The van der Waals surface area contributed by atoms with Gasteiger partial charge in [-0.3, -0.25) is 0 Å². The maximum absolute atomic E-state index is 5.77. The highest BCUT2D eigenvalue weighted by Crippen LogP contribution is 2.25. The van der Waals surface area contributed by atoms with E-state index in [0.29, 0.717) is 5.92 Å². The third kappa shape index (κ3) is 2.87. The van der Waals surface area contributed by atoms with Crippen LogP contribution in [0.5, 0.6) is 0 Å². The molecule has 1 aromatic heterocycles. The van der Waals surface area contributed by atoms with Gasteiger partial charge in [-0.05, 0) is 29.0 Å². The molecule has 2 heteroatoms. The van der Waals surface area contributed by atoms with Gasteiger partial charge in [-0.2, -0.15) is 0 Å². The highest BCUT2D eigenvalue weighted by molar-refractivity contribution is 5.73. The van der Waals surface area contributed by atoms with Gasteiger partial charge in [-0.15, -0.1) is 0 Å². The number of benzene rings is 1. The average Bonchev–Trinajstić information content (AvgIpc) is 2.54. The van der Waals surface area contributed by atoms with Crippen LogP contribution in [0.3, 0.4) is 0 Å². The molecule has 2 aromatic rings. The molecule has 0 unspecified atom stereocenters. The van der Waals surface area contributed by atoms with Crippen LogP contribution in [-0.2, 0) is 6.42 Å². The standard InChI is InChI=1S/C15H21NO/c1-10(2)11-6-7-13-12(8-11)16-14(17-13)9-15(3,4)5/h6-8,10H,9H2,1-5H3. The fourth-order valence-electron chi connectivity index (χ4n) is 1.88. The van der Waals surface area contributed by atoms with E-state index in [4.69, 9.17) is 4.42 Å². The van der Waals surface area contributed by atoms with E-state index in [2.05, 4.69) is 51.7 Å². The number of hydrogen-bond donors (Lipinski definition) is 0. The van der Waals surface area contributed by atoms with Crippen LogP contribution >= 0.6 is 0 Å². The second-order valence-electron chi connectivity index (χ2n) is 6.23. The second-order valence-corrected chi connectivity index (χ2v) is 6.23. The number of hydrogen-bond acceptors (Lipinski definition) is 2. The summed E-state index contributed by atoms with van der Waals surface area (Å²) < 4.78 is 5.77. The Morgan fingerprint density at radius 3 is 2.53 bits per heavy atom. The summed E-state index contributed by atoms with van der Waals surface area (Å²) in [6.07, 6.45) is 0.874. The summed E-state index contributed by atoms with van der Waals surface area (Å²) >= 11 is 0. The Hall–Kier alpha value is -1.31. The van der Waals surface area contributed by atoms with Gasteiger partial charge in [0.2, 0.25) is 0 Å². The van der Waals surface area contributed by atoms with Crippen molar-refractivity contribution in [2.75, 3.05) is 0 Å². The third-order valence-corrected chi connectivity index (χ3v) is 2.80. The van der Waals surface area contributed by atoms with Crippen molar-refractivity contribution in [3.63, 3.8) is 0 Å².